The molecule has 98 heavy (non-hydrogen) atoms. The van der Waals surface area contributed by atoms with E-state index in [1.165, 1.54) is 58.8 Å². The number of benzene rings is 2. The smallest absolute Gasteiger partial charge is 0.254 e. The average molecular weight is 1370 g/mol. The van der Waals surface area contributed by atoms with Gasteiger partial charge in [-0.1, -0.05) is 136 Å². The van der Waals surface area contributed by atoms with Crippen molar-refractivity contribution in [2.75, 3.05) is 47.8 Å². The second-order valence-corrected chi connectivity index (χ2v) is 28.1. The van der Waals surface area contributed by atoms with Gasteiger partial charge in [0.05, 0.1) is 12.6 Å². The molecule has 13 atom stereocenters. The van der Waals surface area contributed by atoms with Gasteiger partial charge in [-0.15, -0.1) is 0 Å². The van der Waals surface area contributed by atoms with Crippen LogP contribution in [-0.4, -0.2) is 227 Å². The van der Waals surface area contributed by atoms with Gasteiger partial charge in [0.1, 0.15) is 60.4 Å². The fourth-order valence-electron chi connectivity index (χ4n) is 12.0. The number of likely N-dealkylation sites (tertiary alicyclic amines) is 1. The normalized spacial score (nSPS) is 26.3. The maximum atomic E-state index is 15.1. The quantitative estimate of drug-likeness (QED) is 0.114. The fourth-order valence-corrected chi connectivity index (χ4v) is 12.0. The van der Waals surface area contributed by atoms with E-state index in [1.807, 2.05) is 41.5 Å². The van der Waals surface area contributed by atoms with Crippen LogP contribution in [0.1, 0.15) is 146 Å². The van der Waals surface area contributed by atoms with E-state index in [1.54, 1.807) is 88.4 Å². The number of hydrogen-bond acceptors (Lipinski definition) is 14. The van der Waals surface area contributed by atoms with E-state index in [2.05, 4.69) is 42.5 Å². The van der Waals surface area contributed by atoms with Gasteiger partial charge in [-0.3, -0.25) is 62.3 Å². The number of nitrogens with zero attached hydrogens (tertiary/aromatic N) is 5. The van der Waals surface area contributed by atoms with E-state index < -0.39 is 168 Å². The number of aliphatic hydroxyl groups excluding tert-OH is 1. The number of rotatable bonds is 15. The monoisotopic (exact) mass is 1370 g/mol. The van der Waals surface area contributed by atoms with E-state index in [-0.39, 0.29) is 62.9 Å². The number of likely N-dealkylation sites (N-methyl/N-ethyl adjacent to an activating group) is 4. The van der Waals surface area contributed by atoms with Gasteiger partial charge in [0, 0.05) is 54.1 Å². The minimum Gasteiger partial charge on any atom is -0.391 e. The highest BCUT2D eigenvalue weighted by atomic mass is 16.3. The lowest BCUT2D eigenvalue weighted by molar-refractivity contribution is -0.147. The Bertz CT molecular complexity index is 3070. The zero-order chi connectivity index (χ0) is 73.6. The molecule has 0 spiro atoms. The van der Waals surface area contributed by atoms with E-state index in [0.717, 1.165) is 21.1 Å². The zero-order valence-corrected chi connectivity index (χ0v) is 60.6. The minimum atomic E-state index is -1.95. The third-order valence-electron chi connectivity index (χ3n) is 18.3. The Morgan fingerprint density at radius 1 is 0.480 bits per heavy atom. The molecule has 0 unspecified atom stereocenters. The first kappa shape index (κ1) is 81.9. The third kappa shape index (κ3) is 23.6. The molecule has 0 aromatic heterocycles. The molecule has 0 radical (unpaired) electrons. The maximum absolute atomic E-state index is 15.1. The molecule has 0 aliphatic carbocycles. The summed E-state index contributed by atoms with van der Waals surface area (Å²) in [6.45, 7) is 21.5. The first-order chi connectivity index (χ1) is 46.0. The SMILES string of the molecule is CC[C@H](C)[C@H]1C(=O)N[C@H](C(=O)N2CCCCC2)C(=O)N[C@H](C)C(=O)N[C@@H]([C@@H](C)O)C(=O)N(C)[C@@H](Cc2ccccc2)C(=O)N[C@@H](CC(C)C)C(=O)N(C)[C@@H](C)C(=O)N[C@@H](C(C)C)C(=O)N[C@@H](Cc2ccccc2)C(=O)N(C)[C@@H](CC(C)C)C(=O)N[C@@H](CC(C)C)C(=O)NCC(=O)N1C. The lowest BCUT2D eigenvalue weighted by Crippen LogP contribution is -2.64. The van der Waals surface area contributed by atoms with Crippen molar-refractivity contribution < 1.29 is 67.4 Å². The molecule has 13 amide bonds. The van der Waals surface area contributed by atoms with Crippen LogP contribution in [0.4, 0.5) is 0 Å². The molecule has 9 N–H and O–H groups in total. The number of piperidine rings is 1. The second kappa shape index (κ2) is 38.6. The average Bonchev–Trinajstić information content (AvgIpc) is 0.832. The number of nitrogens with one attached hydrogen (secondary N) is 8. The van der Waals surface area contributed by atoms with Crippen molar-refractivity contribution in [1.82, 2.24) is 67.0 Å². The molecule has 27 nitrogen and oxygen atoms in total. The molecule has 2 aromatic rings. The molecule has 27 heteroatoms. The predicted octanol–water partition coefficient (Wildman–Crippen LogP) is 1.58. The minimum absolute atomic E-state index is 0.0497. The highest BCUT2D eigenvalue weighted by Gasteiger charge is 2.43. The summed E-state index contributed by atoms with van der Waals surface area (Å²) in [5, 5.41) is 32.7. The van der Waals surface area contributed by atoms with Gasteiger partial charge in [-0.25, -0.2) is 0 Å². The number of carbonyl (C=O) groups excluding carboxylic acids is 13. The fraction of sp³-hybridized carbons (Fsp3) is 0.648. The molecule has 544 valence electrons. The summed E-state index contributed by atoms with van der Waals surface area (Å²) in [6, 6.07) is 1.78. The van der Waals surface area contributed by atoms with Crippen LogP contribution in [0.3, 0.4) is 0 Å². The molecule has 2 aromatic carbocycles. The van der Waals surface area contributed by atoms with Gasteiger partial charge in [-0.05, 0) is 100 Å². The zero-order valence-electron chi connectivity index (χ0n) is 60.6. The third-order valence-corrected chi connectivity index (χ3v) is 18.3. The summed E-state index contributed by atoms with van der Waals surface area (Å²) < 4.78 is 0. The lowest BCUT2D eigenvalue weighted by Gasteiger charge is -2.35. The van der Waals surface area contributed by atoms with Gasteiger partial charge in [-0.2, -0.15) is 0 Å². The Balaban J connectivity index is 1.89. The molecular weight excluding hydrogens is 1260 g/mol. The van der Waals surface area contributed by atoms with Crippen molar-refractivity contribution >= 4 is 76.8 Å². The molecule has 2 fully saturated rings. The van der Waals surface area contributed by atoms with Gasteiger partial charge >= 0.3 is 0 Å². The number of amides is 13. The highest BCUT2D eigenvalue weighted by Crippen LogP contribution is 2.21. The summed E-state index contributed by atoms with van der Waals surface area (Å²) in [6.07, 6.45) is 0.742. The summed E-state index contributed by atoms with van der Waals surface area (Å²) in [5.74, 6) is -12.6. The molecule has 2 saturated heterocycles. The molecule has 0 bridgehead atoms. The van der Waals surface area contributed by atoms with Crippen LogP contribution in [0.15, 0.2) is 60.7 Å². The van der Waals surface area contributed by atoms with Crippen LogP contribution in [0, 0.1) is 29.6 Å². The second-order valence-electron chi connectivity index (χ2n) is 28.1. The van der Waals surface area contributed by atoms with Crippen LogP contribution < -0.4 is 42.5 Å². The van der Waals surface area contributed by atoms with Crippen molar-refractivity contribution in [2.24, 2.45) is 29.6 Å². The Hall–Kier alpha value is -8.49. The van der Waals surface area contributed by atoms with Gasteiger partial charge in [0.25, 0.3) is 11.8 Å². The molecular formula is C71H111N13O14. The Morgan fingerprint density at radius 3 is 1.50 bits per heavy atom. The van der Waals surface area contributed by atoms with E-state index in [9.17, 15) is 62.6 Å². The van der Waals surface area contributed by atoms with Crippen molar-refractivity contribution in [1.29, 1.82) is 0 Å². The van der Waals surface area contributed by atoms with Crippen molar-refractivity contribution in [3.63, 3.8) is 0 Å². The van der Waals surface area contributed by atoms with Crippen LogP contribution in [-0.2, 0) is 75.2 Å². The summed E-state index contributed by atoms with van der Waals surface area (Å²) in [5.41, 5.74) is 1.23. The van der Waals surface area contributed by atoms with Crippen LogP contribution in [0.5, 0.6) is 0 Å². The lowest BCUT2D eigenvalue weighted by atomic mass is 9.96. The first-order valence-corrected chi connectivity index (χ1v) is 34.5. The van der Waals surface area contributed by atoms with E-state index >= 15 is 4.79 Å². The van der Waals surface area contributed by atoms with Crippen molar-refractivity contribution in [2.45, 2.75) is 220 Å². The van der Waals surface area contributed by atoms with Crippen molar-refractivity contribution in [3.05, 3.63) is 71.8 Å². The highest BCUT2D eigenvalue weighted by molar-refractivity contribution is 6.09. The Labute approximate surface area is 578 Å². The molecule has 0 saturated carbocycles. The van der Waals surface area contributed by atoms with E-state index in [4.69, 9.17) is 0 Å². The summed E-state index contributed by atoms with van der Waals surface area (Å²) in [7, 11) is 5.40. The van der Waals surface area contributed by atoms with Crippen LogP contribution >= 0.6 is 0 Å². The molecule has 2 aliphatic heterocycles. The van der Waals surface area contributed by atoms with Gasteiger partial charge in [0.2, 0.25) is 65.0 Å². The largest absolute Gasteiger partial charge is 0.391 e. The Kier molecular flexibility index (Phi) is 32.3. The van der Waals surface area contributed by atoms with Crippen LogP contribution in [0.2, 0.25) is 0 Å². The van der Waals surface area contributed by atoms with Gasteiger partial charge < -0.3 is 72.1 Å². The molecule has 4 rings (SSSR count). The molecule has 2 aliphatic rings. The topological polar surface area (TPSA) is 355 Å². The number of aliphatic hydroxyl groups is 1. The summed E-state index contributed by atoms with van der Waals surface area (Å²) in [4.78, 5) is 196. The van der Waals surface area contributed by atoms with Crippen molar-refractivity contribution in [3.8, 4) is 0 Å². The first-order valence-electron chi connectivity index (χ1n) is 34.5. The maximum Gasteiger partial charge on any atom is 0.254 e. The van der Waals surface area contributed by atoms with E-state index in [0.29, 0.717) is 30.4 Å². The number of carbonyl (C=O) groups is 13. The summed E-state index contributed by atoms with van der Waals surface area (Å²) >= 11 is 0. The van der Waals surface area contributed by atoms with Crippen LogP contribution in [0.25, 0.3) is 0 Å². The molecule has 2 heterocycles. The predicted molar refractivity (Wildman–Crippen MR) is 369 cm³/mol. The van der Waals surface area contributed by atoms with Gasteiger partial charge in [0.15, 0.2) is 6.04 Å². The standard InChI is InChI=1S/C71H111N13O14/c1-18-44(10)59-67(94)79-58(71(98)84-32-26-21-27-33-84)66(93)73-45(11)60(87)78-57(47(13)85)70(97)82(16)54(38-49-30-24-20-25-31-49)64(91)75-51(35-41(4)5)68(95)80(14)46(12)61(88)77-56(43(8)9)65(92)76-52(37-48-28-22-19-23-29-48)69(96)81(15)53(36-42(6)7)63(90)74-50(34-40(2)3)62(89)72-39-55(86)83(59)17/h19-20,22-25,28-31,40-47,50-54,56-59,85H,18,21,26-27,32-39H2,1-17H3,(H,72,89)(H,73,93)(H,74,90)(H,75,91)(H,76,92)(H,77,88)(H,78,87)(H,79,94)/t44-,45+,46-,47+,50-,51-,52-,53-,54-,56-,57-,58-,59-/m0/s1. The number of hydrogen-bond donors (Lipinski definition) is 9. The Morgan fingerprint density at radius 2 is 0.969 bits per heavy atom.